The Labute approximate surface area is 90.3 Å². The predicted molar refractivity (Wildman–Crippen MR) is 31.0 cm³/mol. The van der Waals surface area contributed by atoms with E-state index in [2.05, 4.69) is 0 Å². The second kappa shape index (κ2) is 7.33. The van der Waals surface area contributed by atoms with Gasteiger partial charge in [-0.25, -0.2) is 0 Å². The van der Waals surface area contributed by atoms with E-state index < -0.39 is 5.97 Å². The minimum absolute atomic E-state index is 0. The fraction of sp³-hybridized carbons (Fsp3) is 0.667. The Morgan fingerprint density at radius 3 is 2.29 bits per heavy atom. The number of hydrogen-bond donors (Lipinski definition) is 1. The summed E-state index contributed by atoms with van der Waals surface area (Å²) in [5, 5.41) is 7.83. The van der Waals surface area contributed by atoms with Gasteiger partial charge in [-0.3, -0.25) is 4.79 Å². The third-order valence-electron chi connectivity index (χ3n) is 0.308. The quantitative estimate of drug-likeness (QED) is 0.572. The van der Waals surface area contributed by atoms with Crippen molar-refractivity contribution >= 4 is 66.5 Å². The number of halogens is 1. The Hall–Kier alpha value is 1.33. The zero-order chi connectivity index (χ0) is 4.99. The summed E-state index contributed by atoms with van der Waals surface area (Å²) in [5.74, 6) is -0.639. The molecule has 0 amide bonds. The molecule has 0 fully saturated rings. The zero-order valence-electron chi connectivity index (χ0n) is 5.85. The average Bonchev–Trinajstić information content (AvgIpc) is 1.35. The smallest absolute Gasteiger partial charge is 1.00 e. The number of rotatable bonds is 2. The normalized spacial score (nSPS) is 7.00. The van der Waals surface area contributed by atoms with Gasteiger partial charge in [-0.05, 0) is 0 Å². The molecule has 0 saturated carbocycles. The maximum atomic E-state index is 9.51. The summed E-state index contributed by atoms with van der Waals surface area (Å²) in [4.78, 5) is 9.51. The van der Waals surface area contributed by atoms with Crippen LogP contribution in [0.25, 0.3) is 0 Å². The summed E-state index contributed by atoms with van der Waals surface area (Å²) < 4.78 is 0. The first-order valence-electron chi connectivity index (χ1n) is 1.55. The van der Waals surface area contributed by atoms with Gasteiger partial charge in [0.15, 0.2) is 0 Å². The van der Waals surface area contributed by atoms with Crippen molar-refractivity contribution in [1.82, 2.24) is 0 Å². The standard InChI is InChI=1S/C3H5ClO2.Ba.2H/c4-2-1-3(5)6;;;/h1-2H2,(H,5,6);;;/q;+2;2*-1. The minimum atomic E-state index is -0.843. The van der Waals surface area contributed by atoms with Crippen molar-refractivity contribution in [3.8, 4) is 0 Å². The molecule has 1 N–H and O–H groups in total. The number of carboxylic acids is 1. The second-order valence-electron chi connectivity index (χ2n) is 0.833. The van der Waals surface area contributed by atoms with Gasteiger partial charge in [-0.15, -0.1) is 11.6 Å². The first-order chi connectivity index (χ1) is 2.77. The van der Waals surface area contributed by atoms with Crippen LogP contribution >= 0.6 is 11.6 Å². The fourth-order valence-electron chi connectivity index (χ4n) is 0.0808. The van der Waals surface area contributed by atoms with Gasteiger partial charge < -0.3 is 7.96 Å². The van der Waals surface area contributed by atoms with Crippen LogP contribution in [0.3, 0.4) is 0 Å². The Morgan fingerprint density at radius 1 is 1.86 bits per heavy atom. The molecular formula is C3H7BaClO2. The van der Waals surface area contributed by atoms with Gasteiger partial charge in [0.1, 0.15) is 0 Å². The molecule has 0 aromatic heterocycles. The first-order valence-corrected chi connectivity index (χ1v) is 2.08. The zero-order valence-corrected chi connectivity index (χ0v) is 9.05. The predicted octanol–water partition coefficient (Wildman–Crippen LogP) is 0.544. The summed E-state index contributed by atoms with van der Waals surface area (Å²) >= 11 is 5.02. The summed E-state index contributed by atoms with van der Waals surface area (Å²) in [6, 6.07) is 0. The molecule has 0 heterocycles. The molecule has 0 bridgehead atoms. The average molecular weight is 248 g/mol. The van der Waals surface area contributed by atoms with Crippen LogP contribution in [-0.4, -0.2) is 65.8 Å². The third-order valence-corrected chi connectivity index (χ3v) is 0.497. The molecule has 7 heavy (non-hydrogen) atoms. The number of alkyl halides is 1. The van der Waals surface area contributed by atoms with E-state index in [1.807, 2.05) is 0 Å². The summed E-state index contributed by atoms with van der Waals surface area (Å²) in [6.45, 7) is 0. The van der Waals surface area contributed by atoms with Crippen molar-refractivity contribution in [3.63, 3.8) is 0 Å². The summed E-state index contributed by atoms with van der Waals surface area (Å²) in [6.07, 6.45) is 0.0571. The topological polar surface area (TPSA) is 37.3 Å². The first kappa shape index (κ1) is 11.2. The maximum absolute atomic E-state index is 9.51. The van der Waals surface area contributed by atoms with E-state index in [0.29, 0.717) is 0 Å². The Kier molecular flexibility index (Phi) is 11.7. The van der Waals surface area contributed by atoms with Crippen LogP contribution in [0.2, 0.25) is 0 Å². The molecule has 0 unspecified atom stereocenters. The molecule has 40 valence electrons. The van der Waals surface area contributed by atoms with Gasteiger partial charge in [0, 0.05) is 5.88 Å². The van der Waals surface area contributed by atoms with E-state index in [1.165, 1.54) is 0 Å². The van der Waals surface area contributed by atoms with E-state index in [-0.39, 0.29) is 64.0 Å². The molecule has 0 radical (unpaired) electrons. The van der Waals surface area contributed by atoms with Crippen molar-refractivity contribution in [2.45, 2.75) is 6.42 Å². The van der Waals surface area contributed by atoms with Gasteiger partial charge in [0.05, 0.1) is 6.42 Å². The maximum Gasteiger partial charge on any atom is 2.00 e. The van der Waals surface area contributed by atoms with Crippen LogP contribution in [0.1, 0.15) is 9.27 Å². The Morgan fingerprint density at radius 2 is 2.29 bits per heavy atom. The van der Waals surface area contributed by atoms with E-state index >= 15 is 0 Å². The van der Waals surface area contributed by atoms with Gasteiger partial charge in [0.2, 0.25) is 0 Å². The van der Waals surface area contributed by atoms with Gasteiger partial charge in [-0.2, -0.15) is 0 Å². The monoisotopic (exact) mass is 248 g/mol. The molecule has 0 spiro atoms. The number of hydrogen-bond acceptors (Lipinski definition) is 1. The van der Waals surface area contributed by atoms with Gasteiger partial charge in [0.25, 0.3) is 0 Å². The summed E-state index contributed by atoms with van der Waals surface area (Å²) in [5.41, 5.74) is 0. The van der Waals surface area contributed by atoms with Crippen molar-refractivity contribution in [1.29, 1.82) is 0 Å². The van der Waals surface area contributed by atoms with Crippen LogP contribution in [0, 0.1) is 0 Å². The van der Waals surface area contributed by atoms with Crippen LogP contribution in [-0.2, 0) is 4.79 Å². The number of carbonyl (C=O) groups is 1. The van der Waals surface area contributed by atoms with E-state index in [4.69, 9.17) is 16.7 Å². The molecule has 0 saturated heterocycles. The molecule has 0 aliphatic rings. The van der Waals surface area contributed by atoms with Gasteiger partial charge >= 0.3 is 54.9 Å². The SMILES string of the molecule is O=C(O)CCCl.[Ba+2].[H-].[H-]. The third kappa shape index (κ3) is 11.1. The molecule has 0 aliphatic carbocycles. The second-order valence-corrected chi connectivity index (χ2v) is 1.21. The van der Waals surface area contributed by atoms with Gasteiger partial charge in [-0.1, -0.05) is 0 Å². The molecule has 0 aromatic carbocycles. The molecule has 4 heteroatoms. The number of carboxylic acid groups (broad SMARTS) is 1. The largest absolute Gasteiger partial charge is 2.00 e. The molecular weight excluding hydrogens is 241 g/mol. The van der Waals surface area contributed by atoms with Crippen LogP contribution in [0.5, 0.6) is 0 Å². The molecule has 0 aromatic rings. The Bertz CT molecular complexity index is 63.8. The molecule has 2 nitrogen and oxygen atoms in total. The number of aliphatic carboxylic acids is 1. The van der Waals surface area contributed by atoms with Crippen molar-refractivity contribution < 1.29 is 12.8 Å². The summed E-state index contributed by atoms with van der Waals surface area (Å²) in [7, 11) is 0. The minimum Gasteiger partial charge on any atom is -1.00 e. The van der Waals surface area contributed by atoms with Crippen molar-refractivity contribution in [2.24, 2.45) is 0 Å². The Balaban J connectivity index is -0.0000000417. The van der Waals surface area contributed by atoms with E-state index in [9.17, 15) is 4.79 Å². The van der Waals surface area contributed by atoms with Crippen LogP contribution in [0.4, 0.5) is 0 Å². The van der Waals surface area contributed by atoms with E-state index in [1.54, 1.807) is 0 Å². The van der Waals surface area contributed by atoms with Crippen molar-refractivity contribution in [2.75, 3.05) is 5.88 Å². The molecule has 0 atom stereocenters. The molecule has 0 aliphatic heterocycles. The van der Waals surface area contributed by atoms with Crippen LogP contribution < -0.4 is 0 Å². The van der Waals surface area contributed by atoms with Crippen molar-refractivity contribution in [3.05, 3.63) is 0 Å². The van der Waals surface area contributed by atoms with E-state index in [0.717, 1.165) is 0 Å². The molecule has 0 rings (SSSR count). The fourth-order valence-corrected chi connectivity index (χ4v) is 0.243. The van der Waals surface area contributed by atoms with Crippen LogP contribution in [0.15, 0.2) is 0 Å².